The summed E-state index contributed by atoms with van der Waals surface area (Å²) in [5.41, 5.74) is 0. The van der Waals surface area contributed by atoms with Crippen LogP contribution < -0.4 is 10.6 Å². The van der Waals surface area contributed by atoms with E-state index in [4.69, 9.17) is 4.74 Å². The molecule has 1 amide bonds. The van der Waals surface area contributed by atoms with E-state index in [0.29, 0.717) is 0 Å². The molecule has 0 radical (unpaired) electrons. The van der Waals surface area contributed by atoms with Gasteiger partial charge in [-0.3, -0.25) is 4.79 Å². The molecule has 1 aliphatic heterocycles. The number of nitrogens with zero attached hydrogens (tertiary/aromatic N) is 1. The van der Waals surface area contributed by atoms with Crippen molar-refractivity contribution in [3.63, 3.8) is 0 Å². The Morgan fingerprint density at radius 3 is 2.68 bits per heavy atom. The van der Waals surface area contributed by atoms with Crippen LogP contribution in [0, 0.1) is 0 Å². The Balaban J connectivity index is 2.31. The monoisotopic (exact) mass is 313 g/mol. The van der Waals surface area contributed by atoms with Crippen LogP contribution in [0.15, 0.2) is 24.4 Å². The average Bonchev–Trinajstić information content (AvgIpc) is 2.48. The second kappa shape index (κ2) is 6.55. The molecule has 9 nitrogen and oxygen atoms in total. The fourth-order valence-electron chi connectivity index (χ4n) is 2.30. The maximum atomic E-state index is 11.3. The first-order chi connectivity index (χ1) is 10.4. The predicted octanol–water partition coefficient (Wildman–Crippen LogP) is -2.24. The molecule has 0 aromatic carbocycles. The molecule has 6 N–H and O–H groups in total. The number of rotatable bonds is 4. The van der Waals surface area contributed by atoms with Gasteiger partial charge in [0.15, 0.2) is 0 Å². The van der Waals surface area contributed by atoms with Gasteiger partial charge in [-0.15, -0.1) is 0 Å². The molecule has 1 fully saturated rings. The number of ether oxygens (including phenoxy) is 1. The fraction of sp³-hybridized carbons (Fsp3) is 0.538. The smallest absolute Gasteiger partial charge is 0.272 e. The van der Waals surface area contributed by atoms with E-state index in [1.807, 2.05) is 0 Å². The highest BCUT2D eigenvalue weighted by Gasteiger charge is 2.54. The summed E-state index contributed by atoms with van der Waals surface area (Å²) in [7, 11) is 0. The van der Waals surface area contributed by atoms with Crippen molar-refractivity contribution in [3.05, 3.63) is 24.4 Å². The molecule has 2 rings (SSSR count). The van der Waals surface area contributed by atoms with Crippen molar-refractivity contribution in [2.24, 2.45) is 0 Å². The van der Waals surface area contributed by atoms with Gasteiger partial charge < -0.3 is 35.8 Å². The van der Waals surface area contributed by atoms with Crippen LogP contribution in [0.3, 0.4) is 0 Å². The first-order valence-corrected chi connectivity index (χ1v) is 6.71. The third-order valence-corrected chi connectivity index (χ3v) is 3.34. The Labute approximate surface area is 126 Å². The standard InChI is InChI=1S/C13H19N3O6/c1-7(18)15-12-11(20)10(19)8(6-17)22-13(12,21)16-9-4-2-3-5-14-9/h2-5,8,10-12,17,19-21H,6H2,1H3,(H,14,16)(H,15,18)/t8-,10-,11+,12-,13?/m1/s1. The molecular weight excluding hydrogens is 294 g/mol. The van der Waals surface area contributed by atoms with Crippen molar-refractivity contribution >= 4 is 11.7 Å². The lowest BCUT2D eigenvalue weighted by molar-refractivity contribution is -0.304. The van der Waals surface area contributed by atoms with E-state index in [0.717, 1.165) is 0 Å². The Kier molecular flexibility index (Phi) is 4.94. The van der Waals surface area contributed by atoms with Crippen LogP contribution in [0.2, 0.25) is 0 Å². The lowest BCUT2D eigenvalue weighted by Crippen LogP contribution is -2.72. The van der Waals surface area contributed by atoms with Crippen molar-refractivity contribution in [3.8, 4) is 0 Å². The van der Waals surface area contributed by atoms with E-state index in [-0.39, 0.29) is 5.82 Å². The number of amides is 1. The number of carbonyl (C=O) groups excluding carboxylic acids is 1. The summed E-state index contributed by atoms with van der Waals surface area (Å²) >= 11 is 0. The van der Waals surface area contributed by atoms with Crippen LogP contribution in [-0.4, -0.2) is 68.2 Å². The quantitative estimate of drug-likeness (QED) is 0.342. The van der Waals surface area contributed by atoms with Crippen molar-refractivity contribution < 1.29 is 30.0 Å². The Bertz CT molecular complexity index is 516. The second-order valence-corrected chi connectivity index (χ2v) is 5.03. The highest BCUT2D eigenvalue weighted by molar-refractivity contribution is 5.73. The maximum Gasteiger partial charge on any atom is 0.272 e. The van der Waals surface area contributed by atoms with E-state index in [9.17, 15) is 25.2 Å². The lowest BCUT2D eigenvalue weighted by atomic mass is 9.94. The van der Waals surface area contributed by atoms with Gasteiger partial charge >= 0.3 is 0 Å². The minimum absolute atomic E-state index is 0.223. The Morgan fingerprint density at radius 2 is 2.14 bits per heavy atom. The van der Waals surface area contributed by atoms with Gasteiger partial charge in [0, 0.05) is 13.1 Å². The molecule has 22 heavy (non-hydrogen) atoms. The molecule has 1 aliphatic rings. The van der Waals surface area contributed by atoms with Gasteiger partial charge in [-0.1, -0.05) is 6.07 Å². The lowest BCUT2D eigenvalue weighted by Gasteiger charge is -2.47. The van der Waals surface area contributed by atoms with Gasteiger partial charge in [0.2, 0.25) is 5.91 Å². The molecule has 1 aromatic heterocycles. The maximum absolute atomic E-state index is 11.3. The van der Waals surface area contributed by atoms with Gasteiger partial charge in [-0.25, -0.2) is 4.98 Å². The Hall–Kier alpha value is -1.78. The van der Waals surface area contributed by atoms with E-state index in [2.05, 4.69) is 15.6 Å². The first kappa shape index (κ1) is 16.6. The molecule has 0 saturated carbocycles. The van der Waals surface area contributed by atoms with Gasteiger partial charge in [0.25, 0.3) is 5.91 Å². The second-order valence-electron chi connectivity index (χ2n) is 5.03. The number of carbonyl (C=O) groups is 1. The van der Waals surface area contributed by atoms with Crippen molar-refractivity contribution in [2.75, 3.05) is 11.9 Å². The Morgan fingerprint density at radius 1 is 1.41 bits per heavy atom. The summed E-state index contributed by atoms with van der Waals surface area (Å²) in [5.74, 6) is -2.57. The molecule has 0 spiro atoms. The average molecular weight is 313 g/mol. The number of anilines is 1. The van der Waals surface area contributed by atoms with E-state index in [1.54, 1.807) is 12.1 Å². The number of pyridine rings is 1. The number of hydrogen-bond acceptors (Lipinski definition) is 8. The molecule has 122 valence electrons. The van der Waals surface area contributed by atoms with Crippen LogP contribution in [0.1, 0.15) is 6.92 Å². The molecule has 9 heteroatoms. The highest BCUT2D eigenvalue weighted by atomic mass is 16.7. The minimum Gasteiger partial charge on any atom is -0.394 e. The highest BCUT2D eigenvalue weighted by Crippen LogP contribution is 2.29. The summed E-state index contributed by atoms with van der Waals surface area (Å²) in [6.07, 6.45) is -2.80. The normalized spacial score (nSPS) is 35.0. The molecule has 1 aromatic rings. The van der Waals surface area contributed by atoms with Crippen molar-refractivity contribution in [1.82, 2.24) is 10.3 Å². The van der Waals surface area contributed by atoms with Gasteiger partial charge in [-0.05, 0) is 12.1 Å². The van der Waals surface area contributed by atoms with E-state index >= 15 is 0 Å². The van der Waals surface area contributed by atoms with Crippen LogP contribution >= 0.6 is 0 Å². The summed E-state index contributed by atoms with van der Waals surface area (Å²) in [6.45, 7) is 0.565. The SMILES string of the molecule is CC(=O)N[C@@H]1[C@@H](O)[C@H](O)[C@@H](CO)OC1(O)Nc1ccccn1. The van der Waals surface area contributed by atoms with Crippen LogP contribution in [0.4, 0.5) is 5.82 Å². The zero-order valence-corrected chi connectivity index (χ0v) is 11.9. The van der Waals surface area contributed by atoms with Crippen molar-refractivity contribution in [1.29, 1.82) is 0 Å². The summed E-state index contributed by atoms with van der Waals surface area (Å²) in [6, 6.07) is 3.49. The summed E-state index contributed by atoms with van der Waals surface area (Å²) in [5, 5.41) is 44.7. The van der Waals surface area contributed by atoms with E-state index in [1.165, 1.54) is 19.2 Å². The third-order valence-electron chi connectivity index (χ3n) is 3.34. The fourth-order valence-corrected chi connectivity index (χ4v) is 2.30. The zero-order chi connectivity index (χ0) is 16.3. The minimum atomic E-state index is -2.26. The number of aliphatic hydroxyl groups is 4. The zero-order valence-electron chi connectivity index (χ0n) is 11.9. The van der Waals surface area contributed by atoms with E-state index < -0.39 is 42.8 Å². The number of aliphatic hydroxyl groups excluding tert-OH is 3. The molecule has 1 saturated heterocycles. The molecule has 2 heterocycles. The summed E-state index contributed by atoms with van der Waals surface area (Å²) in [4.78, 5) is 15.2. The van der Waals surface area contributed by atoms with Crippen LogP contribution in [0.25, 0.3) is 0 Å². The molecule has 0 aliphatic carbocycles. The molecular formula is C13H19N3O6. The molecule has 0 bridgehead atoms. The van der Waals surface area contributed by atoms with Gasteiger partial charge in [-0.2, -0.15) is 0 Å². The van der Waals surface area contributed by atoms with Crippen LogP contribution in [0.5, 0.6) is 0 Å². The molecule has 1 unspecified atom stereocenters. The van der Waals surface area contributed by atoms with Crippen molar-refractivity contribution in [2.45, 2.75) is 37.2 Å². The topological polar surface area (TPSA) is 144 Å². The van der Waals surface area contributed by atoms with Crippen LogP contribution in [-0.2, 0) is 9.53 Å². The summed E-state index contributed by atoms with van der Waals surface area (Å²) < 4.78 is 5.25. The number of nitrogens with one attached hydrogen (secondary N) is 2. The largest absolute Gasteiger partial charge is 0.394 e. The first-order valence-electron chi connectivity index (χ1n) is 6.71. The van der Waals surface area contributed by atoms with Gasteiger partial charge in [0.1, 0.15) is 30.2 Å². The number of hydrogen-bond donors (Lipinski definition) is 6. The van der Waals surface area contributed by atoms with Gasteiger partial charge in [0.05, 0.1) is 6.61 Å². The number of aromatic nitrogens is 1. The third kappa shape index (κ3) is 3.34. The molecule has 5 atom stereocenters. The predicted molar refractivity (Wildman–Crippen MR) is 74.4 cm³/mol.